The average molecular weight is 344 g/mol. The number of aromatic nitrogens is 2. The first-order chi connectivity index (χ1) is 12.2. The van der Waals surface area contributed by atoms with Gasteiger partial charge in [-0.3, -0.25) is 4.79 Å². The molecule has 1 N–H and O–H groups in total. The minimum Gasteiger partial charge on any atom is -0.483 e. The number of ether oxygens (including phenoxy) is 1. The van der Waals surface area contributed by atoms with E-state index in [1.165, 1.54) is 0 Å². The molecule has 0 bridgehead atoms. The minimum absolute atomic E-state index is 0.0621. The van der Waals surface area contributed by atoms with Gasteiger partial charge in [-0.2, -0.15) is 4.98 Å². The monoisotopic (exact) mass is 344 g/mol. The van der Waals surface area contributed by atoms with Gasteiger partial charge in [-0.1, -0.05) is 23.4 Å². The van der Waals surface area contributed by atoms with Crippen molar-refractivity contribution in [2.24, 2.45) is 0 Å². The summed E-state index contributed by atoms with van der Waals surface area (Å²) in [6.07, 6.45) is 2.86. The number of carbonyl (C=O) groups excluding carboxylic acids is 1. The van der Waals surface area contributed by atoms with Gasteiger partial charge in [0, 0.05) is 38.2 Å². The van der Waals surface area contributed by atoms with E-state index in [0.717, 1.165) is 43.8 Å². The predicted molar refractivity (Wildman–Crippen MR) is 92.2 cm³/mol. The third-order valence-electron chi connectivity index (χ3n) is 4.18. The number of amides is 1. The van der Waals surface area contributed by atoms with Crippen molar-refractivity contribution in [2.75, 3.05) is 26.2 Å². The molecule has 0 saturated carbocycles. The van der Waals surface area contributed by atoms with Crippen LogP contribution in [0.3, 0.4) is 0 Å². The lowest BCUT2D eigenvalue weighted by Gasteiger charge is -2.17. The van der Waals surface area contributed by atoms with Crippen LogP contribution in [0.5, 0.6) is 5.75 Å². The van der Waals surface area contributed by atoms with E-state index in [-0.39, 0.29) is 12.5 Å². The average Bonchev–Trinajstić information content (AvgIpc) is 3.29. The molecule has 7 heteroatoms. The van der Waals surface area contributed by atoms with Gasteiger partial charge < -0.3 is 19.5 Å². The summed E-state index contributed by atoms with van der Waals surface area (Å²) in [6.45, 7) is 4.97. The SMILES string of the molecule is Cc1noc(CCNCc2ccccc2OCC(=O)N2CCCC2)n1. The van der Waals surface area contributed by atoms with E-state index < -0.39 is 0 Å². The molecule has 1 aromatic heterocycles. The summed E-state index contributed by atoms with van der Waals surface area (Å²) in [7, 11) is 0. The van der Waals surface area contributed by atoms with Gasteiger partial charge >= 0.3 is 0 Å². The molecule has 1 aliphatic heterocycles. The van der Waals surface area contributed by atoms with Gasteiger partial charge in [-0.15, -0.1) is 0 Å². The van der Waals surface area contributed by atoms with E-state index in [2.05, 4.69) is 15.5 Å². The van der Waals surface area contributed by atoms with Crippen molar-refractivity contribution in [1.82, 2.24) is 20.4 Å². The first-order valence-corrected chi connectivity index (χ1v) is 8.71. The molecule has 25 heavy (non-hydrogen) atoms. The molecule has 7 nitrogen and oxygen atoms in total. The van der Waals surface area contributed by atoms with Crippen LogP contribution in [0.15, 0.2) is 28.8 Å². The molecule has 1 saturated heterocycles. The fourth-order valence-electron chi connectivity index (χ4n) is 2.85. The summed E-state index contributed by atoms with van der Waals surface area (Å²) >= 11 is 0. The number of nitrogens with one attached hydrogen (secondary N) is 1. The minimum atomic E-state index is 0.0621. The third-order valence-corrected chi connectivity index (χ3v) is 4.18. The molecular formula is C18H24N4O3. The van der Waals surface area contributed by atoms with Gasteiger partial charge in [0.2, 0.25) is 5.89 Å². The molecule has 0 radical (unpaired) electrons. The first kappa shape index (κ1) is 17.4. The Morgan fingerprint density at radius 3 is 2.88 bits per heavy atom. The smallest absolute Gasteiger partial charge is 0.260 e. The summed E-state index contributed by atoms with van der Waals surface area (Å²) in [5.74, 6) is 2.09. The quantitative estimate of drug-likeness (QED) is 0.735. The molecule has 1 amide bonds. The number of rotatable bonds is 8. The van der Waals surface area contributed by atoms with Gasteiger partial charge in [0.05, 0.1) is 0 Å². The molecule has 1 fully saturated rings. The Bertz CT molecular complexity index is 695. The Kier molecular flexibility index (Phi) is 6.00. The van der Waals surface area contributed by atoms with Crippen molar-refractivity contribution in [3.8, 4) is 5.75 Å². The fraction of sp³-hybridized carbons (Fsp3) is 0.500. The number of para-hydroxylation sites is 1. The lowest BCUT2D eigenvalue weighted by Crippen LogP contribution is -2.32. The molecule has 134 valence electrons. The van der Waals surface area contributed by atoms with E-state index in [0.29, 0.717) is 24.7 Å². The van der Waals surface area contributed by atoms with Crippen molar-refractivity contribution in [3.63, 3.8) is 0 Å². The van der Waals surface area contributed by atoms with Crippen LogP contribution in [0.1, 0.15) is 30.1 Å². The summed E-state index contributed by atoms with van der Waals surface area (Å²) in [5.41, 5.74) is 1.03. The van der Waals surface area contributed by atoms with Crippen molar-refractivity contribution < 1.29 is 14.1 Å². The van der Waals surface area contributed by atoms with Crippen LogP contribution < -0.4 is 10.1 Å². The maximum atomic E-state index is 12.1. The van der Waals surface area contributed by atoms with E-state index >= 15 is 0 Å². The number of hydrogen-bond acceptors (Lipinski definition) is 6. The molecule has 1 aliphatic rings. The van der Waals surface area contributed by atoms with Gasteiger partial charge in [0.25, 0.3) is 5.91 Å². The van der Waals surface area contributed by atoms with Crippen LogP contribution in [-0.2, 0) is 17.8 Å². The van der Waals surface area contributed by atoms with Gasteiger partial charge in [0.1, 0.15) is 5.75 Å². The van der Waals surface area contributed by atoms with Crippen LogP contribution in [0.25, 0.3) is 0 Å². The number of aryl methyl sites for hydroxylation is 1. The highest BCUT2D eigenvalue weighted by molar-refractivity contribution is 5.78. The Hall–Kier alpha value is -2.41. The zero-order chi connectivity index (χ0) is 17.5. The van der Waals surface area contributed by atoms with Crippen LogP contribution >= 0.6 is 0 Å². The molecular weight excluding hydrogens is 320 g/mol. The second kappa shape index (κ2) is 8.62. The number of likely N-dealkylation sites (tertiary alicyclic amines) is 1. The lowest BCUT2D eigenvalue weighted by atomic mass is 10.2. The molecule has 2 aromatic rings. The van der Waals surface area contributed by atoms with Gasteiger partial charge in [-0.05, 0) is 25.8 Å². The Morgan fingerprint density at radius 1 is 1.32 bits per heavy atom. The summed E-state index contributed by atoms with van der Waals surface area (Å²) < 4.78 is 10.8. The number of nitrogens with zero attached hydrogens (tertiary/aromatic N) is 3. The van der Waals surface area contributed by atoms with Crippen molar-refractivity contribution in [3.05, 3.63) is 41.5 Å². The highest BCUT2D eigenvalue weighted by Crippen LogP contribution is 2.18. The number of hydrogen-bond donors (Lipinski definition) is 1. The van der Waals surface area contributed by atoms with Crippen LogP contribution in [0, 0.1) is 6.92 Å². The first-order valence-electron chi connectivity index (χ1n) is 8.71. The number of carbonyl (C=O) groups is 1. The molecule has 0 spiro atoms. The molecule has 3 rings (SSSR count). The van der Waals surface area contributed by atoms with Crippen molar-refractivity contribution in [2.45, 2.75) is 32.7 Å². The molecule has 2 heterocycles. The third kappa shape index (κ3) is 5.03. The Labute approximate surface area is 147 Å². The van der Waals surface area contributed by atoms with E-state index in [9.17, 15) is 4.79 Å². The Morgan fingerprint density at radius 2 is 2.12 bits per heavy atom. The molecule has 1 aromatic carbocycles. The molecule has 0 aliphatic carbocycles. The normalized spacial score (nSPS) is 14.0. The topological polar surface area (TPSA) is 80.5 Å². The zero-order valence-corrected chi connectivity index (χ0v) is 14.5. The standard InChI is InChI=1S/C18H24N4O3/c1-14-20-17(25-21-14)8-9-19-12-15-6-2-3-7-16(15)24-13-18(23)22-10-4-5-11-22/h2-3,6-7,19H,4-5,8-13H2,1H3. The van der Waals surface area contributed by atoms with Crippen molar-refractivity contribution in [1.29, 1.82) is 0 Å². The van der Waals surface area contributed by atoms with E-state index in [4.69, 9.17) is 9.26 Å². The van der Waals surface area contributed by atoms with Crippen LogP contribution in [-0.4, -0.2) is 47.2 Å². The summed E-state index contributed by atoms with van der Waals surface area (Å²) in [6, 6.07) is 7.78. The van der Waals surface area contributed by atoms with Crippen LogP contribution in [0.4, 0.5) is 0 Å². The predicted octanol–water partition coefficient (Wildman–Crippen LogP) is 1.71. The largest absolute Gasteiger partial charge is 0.483 e. The van der Waals surface area contributed by atoms with E-state index in [1.54, 1.807) is 6.92 Å². The van der Waals surface area contributed by atoms with Gasteiger partial charge in [0.15, 0.2) is 12.4 Å². The Balaban J connectivity index is 1.45. The maximum Gasteiger partial charge on any atom is 0.260 e. The van der Waals surface area contributed by atoms with Crippen LogP contribution in [0.2, 0.25) is 0 Å². The second-order valence-corrected chi connectivity index (χ2v) is 6.15. The highest BCUT2D eigenvalue weighted by Gasteiger charge is 2.18. The van der Waals surface area contributed by atoms with E-state index in [1.807, 2.05) is 29.2 Å². The number of benzene rings is 1. The molecule has 0 unspecified atom stereocenters. The highest BCUT2D eigenvalue weighted by atomic mass is 16.5. The van der Waals surface area contributed by atoms with Crippen molar-refractivity contribution >= 4 is 5.91 Å². The summed E-state index contributed by atoms with van der Waals surface area (Å²) in [4.78, 5) is 18.2. The summed E-state index contributed by atoms with van der Waals surface area (Å²) in [5, 5.41) is 7.11. The maximum absolute atomic E-state index is 12.1. The molecule has 0 atom stereocenters. The lowest BCUT2D eigenvalue weighted by molar-refractivity contribution is -0.132. The zero-order valence-electron chi connectivity index (χ0n) is 14.5. The second-order valence-electron chi connectivity index (χ2n) is 6.15. The fourth-order valence-corrected chi connectivity index (χ4v) is 2.85. The van der Waals surface area contributed by atoms with Gasteiger partial charge in [-0.25, -0.2) is 0 Å².